The van der Waals surface area contributed by atoms with E-state index in [1.807, 2.05) is 11.0 Å². The van der Waals surface area contributed by atoms with Gasteiger partial charge in [-0.3, -0.25) is 4.79 Å². The summed E-state index contributed by atoms with van der Waals surface area (Å²) in [5, 5.41) is 0. The molecule has 2 saturated heterocycles. The molecular weight excluding hydrogens is 356 g/mol. The number of carbonyl (C=O) groups excluding carboxylic acids is 1. The van der Waals surface area contributed by atoms with Crippen molar-refractivity contribution >= 4 is 5.91 Å². The van der Waals surface area contributed by atoms with Crippen LogP contribution in [0.4, 0.5) is 8.78 Å². The van der Waals surface area contributed by atoms with E-state index in [9.17, 15) is 13.6 Å². The summed E-state index contributed by atoms with van der Waals surface area (Å²) in [6, 6.07) is 6.57. The molecule has 0 saturated carbocycles. The predicted molar refractivity (Wildman–Crippen MR) is 91.7 cm³/mol. The molecule has 1 spiro atoms. The average molecular weight is 375 g/mol. The maximum atomic E-state index is 12.6. The second-order valence-corrected chi connectivity index (χ2v) is 6.84. The zero-order valence-electron chi connectivity index (χ0n) is 14.6. The summed E-state index contributed by atoms with van der Waals surface area (Å²) in [4.78, 5) is 23.0. The van der Waals surface area contributed by atoms with E-state index in [1.165, 1.54) is 6.07 Å². The van der Waals surface area contributed by atoms with Crippen molar-refractivity contribution in [3.63, 3.8) is 0 Å². The van der Waals surface area contributed by atoms with Crippen LogP contribution in [0.1, 0.15) is 28.2 Å². The lowest BCUT2D eigenvalue weighted by molar-refractivity contribution is -0.172. The topological polar surface area (TPSA) is 64.5 Å². The number of nitrogens with zero attached hydrogens (tertiary/aromatic N) is 3. The molecule has 3 heterocycles. The van der Waals surface area contributed by atoms with Crippen molar-refractivity contribution in [3.8, 4) is 5.75 Å². The summed E-state index contributed by atoms with van der Waals surface area (Å²) < 4.78 is 34.2. The van der Waals surface area contributed by atoms with Gasteiger partial charge in [0.1, 0.15) is 11.6 Å². The van der Waals surface area contributed by atoms with Gasteiger partial charge in [0.05, 0.1) is 24.3 Å². The average Bonchev–Trinajstić information content (AvgIpc) is 2.58. The molecule has 0 unspecified atom stereocenters. The molecule has 2 aromatic rings. The fourth-order valence-corrected chi connectivity index (χ4v) is 3.38. The van der Waals surface area contributed by atoms with E-state index in [0.717, 1.165) is 18.5 Å². The van der Waals surface area contributed by atoms with E-state index >= 15 is 0 Å². The second kappa shape index (κ2) is 7.19. The fraction of sp³-hybridized carbons (Fsp3) is 0.421. The summed E-state index contributed by atoms with van der Waals surface area (Å²) >= 11 is 0. The Labute approximate surface area is 155 Å². The van der Waals surface area contributed by atoms with Crippen LogP contribution in [0.15, 0.2) is 36.7 Å². The number of hydrogen-bond acceptors (Lipinski definition) is 5. The Balaban J connectivity index is 1.35. The summed E-state index contributed by atoms with van der Waals surface area (Å²) in [5.41, 5.74) is 1.21. The third-order valence-electron chi connectivity index (χ3n) is 5.07. The van der Waals surface area contributed by atoms with E-state index in [1.54, 1.807) is 24.5 Å². The van der Waals surface area contributed by atoms with Gasteiger partial charge in [0, 0.05) is 25.4 Å². The lowest BCUT2D eigenvalue weighted by Gasteiger charge is -2.57. The largest absolute Gasteiger partial charge is 0.435 e. The van der Waals surface area contributed by atoms with Crippen molar-refractivity contribution in [2.75, 3.05) is 19.8 Å². The first-order valence-corrected chi connectivity index (χ1v) is 8.80. The van der Waals surface area contributed by atoms with Crippen molar-refractivity contribution in [1.29, 1.82) is 0 Å². The van der Waals surface area contributed by atoms with Gasteiger partial charge < -0.3 is 14.4 Å². The standard InChI is InChI=1S/C19H19F2N3O3/c20-18(21)27-15-3-1-2-13(8-15)4-5-16-22-9-14(10-23-16)17(25)24-7-6-19(24)11-26-12-19/h1-3,8-10,18H,4-7,11-12H2. The summed E-state index contributed by atoms with van der Waals surface area (Å²) in [6.07, 6.45) is 5.19. The number of carbonyl (C=O) groups is 1. The first-order valence-electron chi connectivity index (χ1n) is 8.80. The van der Waals surface area contributed by atoms with Gasteiger partial charge in [-0.1, -0.05) is 12.1 Å². The molecule has 2 fully saturated rings. The molecule has 27 heavy (non-hydrogen) atoms. The quantitative estimate of drug-likeness (QED) is 0.776. The zero-order chi connectivity index (χ0) is 18.9. The van der Waals surface area contributed by atoms with E-state index < -0.39 is 6.61 Å². The number of hydrogen-bond donors (Lipinski definition) is 0. The molecule has 1 amide bonds. The molecule has 2 aliphatic heterocycles. The highest BCUT2D eigenvalue weighted by Crippen LogP contribution is 2.38. The zero-order valence-corrected chi connectivity index (χ0v) is 14.6. The molecule has 6 nitrogen and oxygen atoms in total. The van der Waals surface area contributed by atoms with Gasteiger partial charge in [-0.15, -0.1) is 0 Å². The number of rotatable bonds is 6. The van der Waals surface area contributed by atoms with Crippen LogP contribution in [-0.4, -0.2) is 52.7 Å². The lowest BCUT2D eigenvalue weighted by atomic mass is 9.82. The predicted octanol–water partition coefficient (Wildman–Crippen LogP) is 2.48. The molecule has 4 rings (SSSR count). The molecule has 0 atom stereocenters. The Morgan fingerprint density at radius 2 is 2.04 bits per heavy atom. The Bertz CT molecular complexity index is 820. The summed E-state index contributed by atoms with van der Waals surface area (Å²) in [7, 11) is 0. The van der Waals surface area contributed by atoms with Crippen LogP contribution in [0.25, 0.3) is 0 Å². The van der Waals surface area contributed by atoms with Crippen molar-refractivity contribution in [2.24, 2.45) is 0 Å². The van der Waals surface area contributed by atoms with Crippen molar-refractivity contribution < 1.29 is 23.0 Å². The van der Waals surface area contributed by atoms with Crippen LogP contribution in [-0.2, 0) is 17.6 Å². The Hall–Kier alpha value is -2.61. The van der Waals surface area contributed by atoms with Crippen LogP contribution < -0.4 is 4.74 Å². The van der Waals surface area contributed by atoms with Gasteiger partial charge >= 0.3 is 6.61 Å². The molecule has 0 aliphatic carbocycles. The second-order valence-electron chi connectivity index (χ2n) is 6.84. The van der Waals surface area contributed by atoms with Gasteiger partial charge in [0.25, 0.3) is 5.91 Å². The number of benzene rings is 1. The highest BCUT2D eigenvalue weighted by atomic mass is 19.3. The molecule has 142 valence electrons. The molecule has 1 aromatic carbocycles. The minimum absolute atomic E-state index is 0.0621. The van der Waals surface area contributed by atoms with Gasteiger partial charge in [0.2, 0.25) is 0 Å². The minimum Gasteiger partial charge on any atom is -0.435 e. The van der Waals surface area contributed by atoms with Gasteiger partial charge in [-0.2, -0.15) is 8.78 Å². The number of aromatic nitrogens is 2. The third kappa shape index (κ3) is 3.62. The number of aryl methyl sites for hydroxylation is 2. The van der Waals surface area contributed by atoms with Crippen LogP contribution >= 0.6 is 0 Å². The maximum absolute atomic E-state index is 12.6. The fourth-order valence-electron chi connectivity index (χ4n) is 3.38. The molecule has 8 heteroatoms. The molecule has 0 radical (unpaired) electrons. The smallest absolute Gasteiger partial charge is 0.387 e. The number of ether oxygens (including phenoxy) is 2. The first-order chi connectivity index (χ1) is 13.1. The third-order valence-corrected chi connectivity index (χ3v) is 5.07. The number of likely N-dealkylation sites (tertiary alicyclic amines) is 1. The molecule has 0 bridgehead atoms. The van der Waals surface area contributed by atoms with Crippen LogP contribution in [0.2, 0.25) is 0 Å². The SMILES string of the molecule is O=C(c1cnc(CCc2cccc(OC(F)F)c2)nc1)N1CCC12COC2. The van der Waals surface area contributed by atoms with Gasteiger partial charge in [0.15, 0.2) is 0 Å². The first kappa shape index (κ1) is 17.8. The summed E-state index contributed by atoms with van der Waals surface area (Å²) in [6.45, 7) is -0.898. The van der Waals surface area contributed by atoms with Gasteiger partial charge in [-0.05, 0) is 30.5 Å². The van der Waals surface area contributed by atoms with E-state index in [2.05, 4.69) is 14.7 Å². The molecule has 1 aromatic heterocycles. The Morgan fingerprint density at radius 1 is 1.26 bits per heavy atom. The van der Waals surface area contributed by atoms with Crippen molar-refractivity contribution in [1.82, 2.24) is 14.9 Å². The molecule has 2 aliphatic rings. The van der Waals surface area contributed by atoms with Crippen molar-refractivity contribution in [2.45, 2.75) is 31.4 Å². The van der Waals surface area contributed by atoms with Crippen LogP contribution in [0.3, 0.4) is 0 Å². The Kier molecular flexibility index (Phi) is 4.73. The van der Waals surface area contributed by atoms with E-state index in [-0.39, 0.29) is 17.2 Å². The lowest BCUT2D eigenvalue weighted by Crippen LogP contribution is -2.72. The minimum atomic E-state index is -2.84. The molecular formula is C19H19F2N3O3. The van der Waals surface area contributed by atoms with Crippen LogP contribution in [0, 0.1) is 0 Å². The van der Waals surface area contributed by atoms with E-state index in [4.69, 9.17) is 4.74 Å². The normalized spacial score (nSPS) is 17.5. The summed E-state index contributed by atoms with van der Waals surface area (Å²) in [5.74, 6) is 0.665. The van der Waals surface area contributed by atoms with Crippen molar-refractivity contribution in [3.05, 3.63) is 53.6 Å². The monoisotopic (exact) mass is 375 g/mol. The maximum Gasteiger partial charge on any atom is 0.387 e. The van der Waals surface area contributed by atoms with Gasteiger partial charge in [-0.25, -0.2) is 9.97 Å². The number of halogens is 2. The highest BCUT2D eigenvalue weighted by Gasteiger charge is 2.53. The van der Waals surface area contributed by atoms with E-state index in [0.29, 0.717) is 37.4 Å². The number of alkyl halides is 2. The number of amides is 1. The van der Waals surface area contributed by atoms with Crippen LogP contribution in [0.5, 0.6) is 5.75 Å². The highest BCUT2D eigenvalue weighted by molar-refractivity contribution is 5.94. The Morgan fingerprint density at radius 3 is 2.63 bits per heavy atom. The molecule has 0 N–H and O–H groups in total.